The number of nitrogens with one attached hydrogen (secondary N) is 3. The van der Waals surface area contributed by atoms with Gasteiger partial charge in [0.25, 0.3) is 0 Å². The Morgan fingerprint density at radius 1 is 1.27 bits per heavy atom. The monoisotopic (exact) mass is 552 g/mol. The highest BCUT2D eigenvalue weighted by atomic mass is 16.5. The van der Waals surface area contributed by atoms with Crippen molar-refractivity contribution < 1.29 is 24.2 Å². The van der Waals surface area contributed by atoms with Crippen molar-refractivity contribution in [2.75, 3.05) is 25.5 Å². The fourth-order valence-corrected chi connectivity index (χ4v) is 6.05. The molecule has 0 aromatic carbocycles. The SMILES string of the molecule is CCOC(=O)C(=N)/C=C\Nc1cc(O[C@@H](C)[C@@H]2CCCN2C)nc(/C(O)=C2\CCC[C@@]3(CCCCC3=O)C2=N)n1. The van der Waals surface area contributed by atoms with Crippen molar-refractivity contribution in [3.05, 3.63) is 29.7 Å². The summed E-state index contributed by atoms with van der Waals surface area (Å²) in [5, 5.41) is 31.1. The van der Waals surface area contributed by atoms with Crippen LogP contribution in [0.3, 0.4) is 0 Å². The van der Waals surface area contributed by atoms with Gasteiger partial charge in [0.05, 0.1) is 17.7 Å². The fraction of sp³-hybridized carbons (Fsp3) is 0.586. The number of carbonyl (C=O) groups excluding carboxylic acids is 2. The van der Waals surface area contributed by atoms with Gasteiger partial charge in [-0.05, 0) is 78.5 Å². The summed E-state index contributed by atoms with van der Waals surface area (Å²) in [6.45, 7) is 4.81. The van der Waals surface area contributed by atoms with Crippen LogP contribution in [-0.2, 0) is 14.3 Å². The Kier molecular flexibility index (Phi) is 9.34. The summed E-state index contributed by atoms with van der Waals surface area (Å²) in [6.07, 6.45) is 9.13. The van der Waals surface area contributed by atoms with Crippen LogP contribution in [0.4, 0.5) is 5.82 Å². The molecule has 3 aliphatic rings. The number of aliphatic hydroxyl groups is 1. The number of esters is 1. The van der Waals surface area contributed by atoms with Crippen molar-refractivity contribution >= 4 is 34.8 Å². The Bertz CT molecular complexity index is 1220. The van der Waals surface area contributed by atoms with E-state index in [9.17, 15) is 14.7 Å². The van der Waals surface area contributed by atoms with Crippen LogP contribution in [0.15, 0.2) is 23.9 Å². The lowest BCUT2D eigenvalue weighted by Gasteiger charge is -2.40. The lowest BCUT2D eigenvalue weighted by molar-refractivity contribution is -0.135. The molecule has 2 saturated carbocycles. The molecule has 40 heavy (non-hydrogen) atoms. The number of Topliss-reactive ketones (excluding diaryl/α,β-unsaturated/α-hetero) is 1. The number of nitrogens with zero attached hydrogens (tertiary/aromatic N) is 3. The summed E-state index contributed by atoms with van der Waals surface area (Å²) in [4.78, 5) is 35.9. The zero-order chi connectivity index (χ0) is 28.9. The molecule has 1 aromatic rings. The first kappa shape index (κ1) is 29.4. The summed E-state index contributed by atoms with van der Waals surface area (Å²) < 4.78 is 11.1. The molecule has 0 radical (unpaired) electrons. The Balaban J connectivity index is 1.65. The molecule has 3 fully saturated rings. The van der Waals surface area contributed by atoms with Crippen LogP contribution in [0, 0.1) is 16.2 Å². The highest BCUT2D eigenvalue weighted by Crippen LogP contribution is 2.46. The van der Waals surface area contributed by atoms with Crippen molar-refractivity contribution in [3.63, 3.8) is 0 Å². The zero-order valence-electron chi connectivity index (χ0n) is 23.6. The maximum atomic E-state index is 13.0. The van der Waals surface area contributed by atoms with Gasteiger partial charge in [-0.1, -0.05) is 6.42 Å². The summed E-state index contributed by atoms with van der Waals surface area (Å²) in [5.74, 6) is -0.389. The standard InChI is InChI=1S/C29H40N6O5/c1-4-39-28(38)20(30)12-15-32-23-17-24(40-18(2)21-10-8-16-35(21)3)34-27(33-23)25(37)19-9-7-14-29(26(19)31)13-6-5-11-22(29)36/h12,15,17-18,21,30-31,37H,4-11,13-14,16H2,1-3H3,(H,32,33,34)/b15-12-,25-19-,30-20?,31-26?/t18-,21-,29+/m0/s1. The Labute approximate surface area is 235 Å². The molecule has 0 amide bonds. The van der Waals surface area contributed by atoms with E-state index in [1.54, 1.807) is 13.0 Å². The summed E-state index contributed by atoms with van der Waals surface area (Å²) >= 11 is 0. The van der Waals surface area contributed by atoms with Crippen molar-refractivity contribution in [2.45, 2.75) is 83.8 Å². The van der Waals surface area contributed by atoms with Crippen LogP contribution in [-0.4, -0.2) is 75.5 Å². The maximum absolute atomic E-state index is 13.0. The van der Waals surface area contributed by atoms with Crippen molar-refractivity contribution in [1.29, 1.82) is 10.8 Å². The van der Waals surface area contributed by atoms with Gasteiger partial charge >= 0.3 is 5.97 Å². The van der Waals surface area contributed by atoms with E-state index in [0.29, 0.717) is 37.7 Å². The van der Waals surface area contributed by atoms with Crippen LogP contribution in [0.25, 0.3) is 5.76 Å². The molecule has 0 unspecified atom stereocenters. The molecule has 1 spiro atoms. The third-order valence-electron chi connectivity index (χ3n) is 8.20. The molecule has 4 N–H and O–H groups in total. The van der Waals surface area contributed by atoms with E-state index in [4.69, 9.17) is 20.3 Å². The Hall–Kier alpha value is -3.60. The summed E-state index contributed by atoms with van der Waals surface area (Å²) in [5.41, 5.74) is -0.602. The maximum Gasteiger partial charge on any atom is 0.356 e. The van der Waals surface area contributed by atoms with Gasteiger partial charge in [0.2, 0.25) is 5.88 Å². The fourth-order valence-electron chi connectivity index (χ4n) is 6.05. The van der Waals surface area contributed by atoms with Crippen LogP contribution in [0.2, 0.25) is 0 Å². The summed E-state index contributed by atoms with van der Waals surface area (Å²) in [7, 11) is 2.06. The van der Waals surface area contributed by atoms with Crippen molar-refractivity contribution in [1.82, 2.24) is 14.9 Å². The predicted octanol–water partition coefficient (Wildman–Crippen LogP) is 4.45. The Morgan fingerprint density at radius 2 is 2.05 bits per heavy atom. The number of allylic oxidation sites excluding steroid dienone is 1. The minimum atomic E-state index is -0.841. The number of likely N-dealkylation sites (N-methyl/N-ethyl adjacent to an activating group) is 1. The lowest BCUT2D eigenvalue weighted by Crippen LogP contribution is -2.44. The molecule has 1 aliphatic heterocycles. The first-order valence-corrected chi connectivity index (χ1v) is 14.2. The van der Waals surface area contributed by atoms with E-state index in [1.165, 1.54) is 12.3 Å². The third kappa shape index (κ3) is 6.24. The van der Waals surface area contributed by atoms with Gasteiger partial charge in [-0.25, -0.2) is 9.78 Å². The number of rotatable bonds is 9. The van der Waals surface area contributed by atoms with Gasteiger partial charge in [-0.3, -0.25) is 15.1 Å². The number of ketones is 1. The smallest absolute Gasteiger partial charge is 0.356 e. The van der Waals surface area contributed by atoms with Gasteiger partial charge in [0.15, 0.2) is 11.6 Å². The van der Waals surface area contributed by atoms with Gasteiger partial charge in [0.1, 0.15) is 23.4 Å². The summed E-state index contributed by atoms with van der Waals surface area (Å²) in [6, 6.07) is 1.80. The van der Waals surface area contributed by atoms with E-state index in [1.807, 2.05) is 6.92 Å². The van der Waals surface area contributed by atoms with E-state index in [2.05, 4.69) is 27.2 Å². The number of hydrogen-bond donors (Lipinski definition) is 4. The van der Waals surface area contributed by atoms with E-state index >= 15 is 0 Å². The normalized spacial score (nSPS) is 25.7. The second kappa shape index (κ2) is 12.7. The first-order chi connectivity index (χ1) is 19.2. The molecule has 4 rings (SSSR count). The first-order valence-electron chi connectivity index (χ1n) is 14.2. The minimum absolute atomic E-state index is 0.0131. The minimum Gasteiger partial charge on any atom is -0.504 e. The van der Waals surface area contributed by atoms with Crippen LogP contribution in [0.5, 0.6) is 5.88 Å². The average molecular weight is 553 g/mol. The molecule has 0 bridgehead atoms. The molecule has 216 valence electrons. The number of hydrogen-bond acceptors (Lipinski definition) is 11. The quantitative estimate of drug-likeness (QED) is 0.197. The number of ether oxygens (including phenoxy) is 2. The molecular formula is C29H40N6O5. The van der Waals surface area contributed by atoms with Crippen molar-refractivity contribution in [3.8, 4) is 5.88 Å². The molecule has 2 aliphatic carbocycles. The number of aliphatic hydroxyl groups excluding tert-OH is 1. The van der Waals surface area contributed by atoms with Gasteiger partial charge in [0, 0.05) is 30.3 Å². The van der Waals surface area contributed by atoms with E-state index < -0.39 is 11.4 Å². The van der Waals surface area contributed by atoms with Crippen LogP contribution < -0.4 is 10.1 Å². The lowest BCUT2D eigenvalue weighted by atomic mass is 9.62. The molecule has 1 aromatic heterocycles. The number of likely N-dealkylation sites (tertiary alicyclic amines) is 1. The number of anilines is 1. The highest BCUT2D eigenvalue weighted by molar-refractivity contribution is 6.39. The number of carbonyl (C=O) groups is 2. The van der Waals surface area contributed by atoms with Crippen LogP contribution >= 0.6 is 0 Å². The number of aromatic nitrogens is 2. The molecule has 11 heteroatoms. The third-order valence-corrected chi connectivity index (χ3v) is 8.20. The van der Waals surface area contributed by atoms with Gasteiger partial charge in [-0.2, -0.15) is 4.98 Å². The molecule has 1 saturated heterocycles. The van der Waals surface area contributed by atoms with E-state index in [0.717, 1.165) is 32.2 Å². The molecular weight excluding hydrogens is 512 g/mol. The van der Waals surface area contributed by atoms with Crippen molar-refractivity contribution in [2.24, 2.45) is 5.41 Å². The largest absolute Gasteiger partial charge is 0.504 e. The van der Waals surface area contributed by atoms with E-state index in [-0.39, 0.29) is 59.2 Å². The van der Waals surface area contributed by atoms with Gasteiger partial charge < -0.3 is 25.3 Å². The zero-order valence-corrected chi connectivity index (χ0v) is 23.6. The molecule has 2 heterocycles. The predicted molar refractivity (Wildman–Crippen MR) is 152 cm³/mol. The highest BCUT2D eigenvalue weighted by Gasteiger charge is 2.47. The molecule has 3 atom stereocenters. The average Bonchev–Trinajstić information content (AvgIpc) is 3.37. The second-order valence-electron chi connectivity index (χ2n) is 10.8. The topological polar surface area (TPSA) is 162 Å². The van der Waals surface area contributed by atoms with Gasteiger partial charge in [-0.15, -0.1) is 0 Å². The molecule has 11 nitrogen and oxygen atoms in total. The Morgan fingerprint density at radius 3 is 2.75 bits per heavy atom. The van der Waals surface area contributed by atoms with Crippen LogP contribution in [0.1, 0.15) is 77.5 Å². The second-order valence-corrected chi connectivity index (χ2v) is 10.8.